The Kier molecular flexibility index (Phi) is 5.79. The monoisotopic (exact) mass is 477 g/mol. The van der Waals surface area contributed by atoms with E-state index in [0.717, 1.165) is 9.54 Å². The van der Waals surface area contributed by atoms with Gasteiger partial charge in [-0.3, -0.25) is 4.79 Å². The SMILES string of the molecule is COC(=O)C(C)(C)C#Cc1cn(S(=O)(=O)c2ccccc2)c2ncc(-c3c(C)noc3C)cc12. The molecule has 0 saturated carbocycles. The quantitative estimate of drug-likeness (QED) is 0.322. The summed E-state index contributed by atoms with van der Waals surface area (Å²) in [6.45, 7) is 6.89. The van der Waals surface area contributed by atoms with Crippen LogP contribution in [0.2, 0.25) is 0 Å². The summed E-state index contributed by atoms with van der Waals surface area (Å²) in [5.41, 5.74) is 1.73. The minimum absolute atomic E-state index is 0.123. The zero-order chi connectivity index (χ0) is 24.7. The van der Waals surface area contributed by atoms with Gasteiger partial charge in [0.15, 0.2) is 5.65 Å². The number of pyridine rings is 1. The van der Waals surface area contributed by atoms with Gasteiger partial charge in [-0.1, -0.05) is 35.2 Å². The van der Waals surface area contributed by atoms with Crippen molar-refractivity contribution in [2.45, 2.75) is 32.6 Å². The van der Waals surface area contributed by atoms with Gasteiger partial charge >= 0.3 is 5.97 Å². The lowest BCUT2D eigenvalue weighted by atomic mass is 9.94. The predicted octanol–water partition coefficient (Wildman–Crippen LogP) is 4.10. The third-order valence-corrected chi connectivity index (χ3v) is 7.10. The van der Waals surface area contributed by atoms with Crippen molar-refractivity contribution in [3.8, 4) is 23.0 Å². The summed E-state index contributed by atoms with van der Waals surface area (Å²) >= 11 is 0. The van der Waals surface area contributed by atoms with Crippen LogP contribution in [0.4, 0.5) is 0 Å². The number of hydrogen-bond acceptors (Lipinski definition) is 7. The number of nitrogens with zero attached hydrogens (tertiary/aromatic N) is 3. The maximum absolute atomic E-state index is 13.4. The van der Waals surface area contributed by atoms with Crippen LogP contribution in [0.1, 0.15) is 30.9 Å². The number of aromatic nitrogens is 3. The fraction of sp³-hybridized carbons (Fsp3) is 0.240. The van der Waals surface area contributed by atoms with Crippen molar-refractivity contribution >= 4 is 27.0 Å². The van der Waals surface area contributed by atoms with Crippen LogP contribution in [0, 0.1) is 31.1 Å². The average Bonchev–Trinajstić information content (AvgIpc) is 3.36. The second-order valence-electron chi connectivity index (χ2n) is 8.32. The summed E-state index contributed by atoms with van der Waals surface area (Å²) in [5.74, 6) is 6.01. The van der Waals surface area contributed by atoms with Crippen LogP contribution in [0.3, 0.4) is 0 Å². The van der Waals surface area contributed by atoms with Crippen LogP contribution < -0.4 is 0 Å². The summed E-state index contributed by atoms with van der Waals surface area (Å²) < 4.78 is 38.1. The number of esters is 1. The molecule has 0 unspecified atom stereocenters. The van der Waals surface area contributed by atoms with Gasteiger partial charge in [-0.2, -0.15) is 0 Å². The molecule has 1 aromatic carbocycles. The fourth-order valence-corrected chi connectivity index (χ4v) is 4.98. The fourth-order valence-electron chi connectivity index (χ4n) is 3.63. The number of benzene rings is 1. The second-order valence-corrected chi connectivity index (χ2v) is 10.1. The molecule has 0 aliphatic heterocycles. The second kappa shape index (κ2) is 8.47. The lowest BCUT2D eigenvalue weighted by Gasteiger charge is -2.13. The minimum Gasteiger partial charge on any atom is -0.468 e. The summed E-state index contributed by atoms with van der Waals surface area (Å²) in [6, 6.07) is 9.90. The van der Waals surface area contributed by atoms with Crippen molar-refractivity contribution < 1.29 is 22.5 Å². The first kappa shape index (κ1) is 23.3. The van der Waals surface area contributed by atoms with Gasteiger partial charge in [-0.15, -0.1) is 0 Å². The number of rotatable bonds is 4. The molecule has 0 bridgehead atoms. The molecule has 3 aromatic heterocycles. The van der Waals surface area contributed by atoms with E-state index < -0.39 is 21.4 Å². The lowest BCUT2D eigenvalue weighted by Crippen LogP contribution is -2.23. The maximum Gasteiger partial charge on any atom is 0.323 e. The van der Waals surface area contributed by atoms with Gasteiger partial charge in [0, 0.05) is 28.9 Å². The van der Waals surface area contributed by atoms with E-state index in [9.17, 15) is 13.2 Å². The van der Waals surface area contributed by atoms with Crippen molar-refractivity contribution in [1.82, 2.24) is 14.1 Å². The van der Waals surface area contributed by atoms with Gasteiger partial charge in [-0.25, -0.2) is 17.4 Å². The maximum atomic E-state index is 13.4. The van der Waals surface area contributed by atoms with E-state index in [2.05, 4.69) is 22.0 Å². The highest BCUT2D eigenvalue weighted by molar-refractivity contribution is 7.90. The van der Waals surface area contributed by atoms with E-state index in [1.165, 1.54) is 25.4 Å². The van der Waals surface area contributed by atoms with Crippen LogP contribution in [0.25, 0.3) is 22.2 Å². The first-order valence-electron chi connectivity index (χ1n) is 10.4. The number of aryl methyl sites for hydroxylation is 2. The summed E-state index contributed by atoms with van der Waals surface area (Å²) in [5, 5.41) is 4.51. The highest BCUT2D eigenvalue weighted by atomic mass is 32.2. The number of hydrogen-bond donors (Lipinski definition) is 0. The average molecular weight is 478 g/mol. The Morgan fingerprint density at radius 2 is 1.88 bits per heavy atom. The molecule has 3 heterocycles. The Balaban J connectivity index is 1.98. The van der Waals surface area contributed by atoms with Crippen LogP contribution in [0.15, 0.2) is 58.2 Å². The highest BCUT2D eigenvalue weighted by Crippen LogP contribution is 2.32. The normalized spacial score (nSPS) is 11.8. The molecule has 0 aliphatic rings. The Morgan fingerprint density at radius 1 is 1.18 bits per heavy atom. The molecule has 34 heavy (non-hydrogen) atoms. The molecule has 4 aromatic rings. The molecule has 174 valence electrons. The molecule has 0 radical (unpaired) electrons. The molecule has 0 saturated heterocycles. The Morgan fingerprint density at radius 3 is 2.50 bits per heavy atom. The predicted molar refractivity (Wildman–Crippen MR) is 126 cm³/mol. The zero-order valence-electron chi connectivity index (χ0n) is 19.4. The summed E-state index contributed by atoms with van der Waals surface area (Å²) in [7, 11) is -2.64. The Labute approximate surface area is 197 Å². The zero-order valence-corrected chi connectivity index (χ0v) is 20.2. The van der Waals surface area contributed by atoms with Gasteiger partial charge in [-0.05, 0) is 45.9 Å². The number of methoxy groups -OCH3 is 1. The first-order chi connectivity index (χ1) is 16.1. The molecule has 9 heteroatoms. The molecular weight excluding hydrogens is 454 g/mol. The molecule has 0 aliphatic carbocycles. The molecule has 0 amide bonds. The van der Waals surface area contributed by atoms with E-state index in [0.29, 0.717) is 28.0 Å². The Bertz CT molecular complexity index is 1550. The van der Waals surface area contributed by atoms with Crippen LogP contribution in [0.5, 0.6) is 0 Å². The molecule has 0 fully saturated rings. The summed E-state index contributed by atoms with van der Waals surface area (Å²) in [6.07, 6.45) is 3.01. The van der Waals surface area contributed by atoms with Gasteiger partial charge in [0.1, 0.15) is 11.2 Å². The van der Waals surface area contributed by atoms with Gasteiger partial charge in [0.05, 0.1) is 23.3 Å². The van der Waals surface area contributed by atoms with Crippen molar-refractivity contribution in [3.05, 3.63) is 65.8 Å². The Hall–Kier alpha value is -3.90. The van der Waals surface area contributed by atoms with E-state index in [1.807, 2.05) is 6.92 Å². The molecule has 0 atom stereocenters. The number of carbonyl (C=O) groups excluding carboxylic acids is 1. The third-order valence-electron chi connectivity index (χ3n) is 5.44. The van der Waals surface area contributed by atoms with E-state index in [-0.39, 0.29) is 10.5 Å². The third kappa shape index (κ3) is 3.97. The number of ether oxygens (including phenoxy) is 1. The van der Waals surface area contributed by atoms with Gasteiger partial charge < -0.3 is 9.26 Å². The summed E-state index contributed by atoms with van der Waals surface area (Å²) in [4.78, 5) is 16.7. The molecule has 4 rings (SSSR count). The number of fused-ring (bicyclic) bond motifs is 1. The standard InChI is InChI=1S/C25H23N3O5S/c1-16-22(17(2)33-27-16)19-13-21-18(11-12-25(3,4)24(29)32-5)15-28(23(21)26-14-19)34(30,31)20-9-7-6-8-10-20/h6-10,13-15H,1-5H3. The van der Waals surface area contributed by atoms with Crippen molar-refractivity contribution in [1.29, 1.82) is 0 Å². The van der Waals surface area contributed by atoms with Gasteiger partial charge in [0.25, 0.3) is 10.0 Å². The first-order valence-corrected chi connectivity index (χ1v) is 11.9. The van der Waals surface area contributed by atoms with E-state index in [1.54, 1.807) is 51.2 Å². The largest absolute Gasteiger partial charge is 0.468 e. The molecule has 0 spiro atoms. The highest BCUT2D eigenvalue weighted by Gasteiger charge is 2.27. The van der Waals surface area contributed by atoms with E-state index in [4.69, 9.17) is 9.26 Å². The smallest absolute Gasteiger partial charge is 0.323 e. The van der Waals surface area contributed by atoms with Crippen LogP contribution in [-0.2, 0) is 19.6 Å². The van der Waals surface area contributed by atoms with Crippen molar-refractivity contribution in [2.24, 2.45) is 5.41 Å². The minimum atomic E-state index is -3.94. The van der Waals surface area contributed by atoms with E-state index >= 15 is 0 Å². The molecule has 8 nitrogen and oxygen atoms in total. The topological polar surface area (TPSA) is 104 Å². The van der Waals surface area contributed by atoms with Gasteiger partial charge in [0.2, 0.25) is 0 Å². The van der Waals surface area contributed by atoms with Crippen LogP contribution in [-0.4, -0.2) is 35.6 Å². The van der Waals surface area contributed by atoms with Crippen molar-refractivity contribution in [3.63, 3.8) is 0 Å². The number of carbonyl (C=O) groups is 1. The molecular formula is C25H23N3O5S. The lowest BCUT2D eigenvalue weighted by molar-refractivity contribution is -0.147. The molecule has 0 N–H and O–H groups in total. The van der Waals surface area contributed by atoms with Crippen LogP contribution >= 0.6 is 0 Å². The van der Waals surface area contributed by atoms with Crippen molar-refractivity contribution in [2.75, 3.05) is 7.11 Å².